The Morgan fingerprint density at radius 2 is 2.00 bits per heavy atom. The van der Waals surface area contributed by atoms with Gasteiger partial charge in [-0.05, 0) is 25.5 Å². The molecule has 90 valence electrons. The first kappa shape index (κ1) is 13.4. The first-order valence-corrected chi connectivity index (χ1v) is 6.52. The van der Waals surface area contributed by atoms with Gasteiger partial charge in [-0.15, -0.1) is 11.8 Å². The van der Waals surface area contributed by atoms with Gasteiger partial charge in [-0.1, -0.05) is 20.8 Å². The fourth-order valence-electron chi connectivity index (χ4n) is 1.50. The zero-order valence-corrected chi connectivity index (χ0v) is 12.0. The molecular weight excluding hydrogens is 216 g/mol. The maximum Gasteiger partial charge on any atom is 0.131 e. The molecule has 0 aliphatic rings. The van der Waals surface area contributed by atoms with E-state index in [0.717, 1.165) is 12.4 Å². The van der Waals surface area contributed by atoms with Gasteiger partial charge in [-0.3, -0.25) is 0 Å². The first-order valence-electron chi connectivity index (χ1n) is 5.70. The van der Waals surface area contributed by atoms with Crippen LogP contribution in [0.2, 0.25) is 0 Å². The molecule has 1 aromatic heterocycles. The molecule has 0 saturated carbocycles. The lowest BCUT2D eigenvalue weighted by molar-refractivity contribution is 0.802. The van der Waals surface area contributed by atoms with Crippen LogP contribution in [0.1, 0.15) is 33.3 Å². The zero-order valence-electron chi connectivity index (χ0n) is 11.2. The van der Waals surface area contributed by atoms with Crippen LogP contribution in [0.4, 0.5) is 5.82 Å². The molecule has 16 heavy (non-hydrogen) atoms. The second kappa shape index (κ2) is 5.09. The zero-order chi connectivity index (χ0) is 12.3. The number of aryl methyl sites for hydroxylation is 1. The highest BCUT2D eigenvalue weighted by molar-refractivity contribution is 8.00. The molecule has 0 spiro atoms. The Balaban J connectivity index is 2.91. The summed E-state index contributed by atoms with van der Waals surface area (Å²) in [6, 6.07) is 2.23. The Bertz CT molecular complexity index is 355. The Morgan fingerprint density at radius 3 is 2.44 bits per heavy atom. The Kier molecular flexibility index (Phi) is 4.25. The van der Waals surface area contributed by atoms with E-state index in [1.807, 2.05) is 18.0 Å². The molecule has 2 nitrogen and oxygen atoms in total. The lowest BCUT2D eigenvalue weighted by Gasteiger charge is -2.21. The van der Waals surface area contributed by atoms with Crippen molar-refractivity contribution < 1.29 is 0 Å². The normalized spacial score (nSPS) is 11.6. The third kappa shape index (κ3) is 3.71. The van der Waals surface area contributed by atoms with Gasteiger partial charge >= 0.3 is 0 Å². The minimum Gasteiger partial charge on any atom is -0.360 e. The predicted octanol–water partition coefficient (Wildman–Crippen LogP) is 3.74. The minimum atomic E-state index is 0.242. The number of pyridine rings is 1. The van der Waals surface area contributed by atoms with E-state index in [2.05, 4.69) is 57.6 Å². The van der Waals surface area contributed by atoms with Gasteiger partial charge in [0.1, 0.15) is 5.82 Å². The molecule has 1 rings (SSSR count). The summed E-state index contributed by atoms with van der Waals surface area (Å²) in [5.74, 6) is 1.08. The third-order valence-electron chi connectivity index (χ3n) is 2.29. The topological polar surface area (TPSA) is 16.1 Å². The molecule has 0 unspecified atom stereocenters. The fourth-order valence-corrected chi connectivity index (χ4v) is 2.55. The predicted molar refractivity (Wildman–Crippen MR) is 73.5 cm³/mol. The van der Waals surface area contributed by atoms with E-state index < -0.39 is 0 Å². The number of hydrogen-bond donors (Lipinski definition) is 0. The lowest BCUT2D eigenvalue weighted by Crippen LogP contribution is -2.18. The second-order valence-electron chi connectivity index (χ2n) is 5.04. The van der Waals surface area contributed by atoms with Crippen LogP contribution < -0.4 is 4.90 Å². The van der Waals surface area contributed by atoms with E-state index in [1.54, 1.807) is 0 Å². The molecule has 3 heteroatoms. The van der Waals surface area contributed by atoms with Crippen LogP contribution in [-0.2, 0) is 0 Å². The van der Waals surface area contributed by atoms with Gasteiger partial charge in [-0.25, -0.2) is 4.98 Å². The number of aromatic nitrogens is 1. The maximum atomic E-state index is 4.54. The first-order chi connectivity index (χ1) is 7.33. The van der Waals surface area contributed by atoms with Crippen molar-refractivity contribution in [2.24, 2.45) is 0 Å². The summed E-state index contributed by atoms with van der Waals surface area (Å²) < 4.78 is 0.242. The molecule has 0 fully saturated rings. The standard InChI is InChI=1S/C13H22N2S/c1-7-15(6)12-10(2)8-11(9-14-12)16-13(3,4)5/h8-9H,7H2,1-6H3. The molecule has 0 radical (unpaired) electrons. The Morgan fingerprint density at radius 1 is 1.38 bits per heavy atom. The van der Waals surface area contributed by atoms with Gasteiger partial charge in [0, 0.05) is 29.4 Å². The molecule has 1 aromatic rings. The third-order valence-corrected chi connectivity index (χ3v) is 3.36. The highest BCUT2D eigenvalue weighted by Gasteiger charge is 2.13. The van der Waals surface area contributed by atoms with Crippen molar-refractivity contribution in [3.8, 4) is 0 Å². The van der Waals surface area contributed by atoms with Crippen LogP contribution >= 0.6 is 11.8 Å². The highest BCUT2D eigenvalue weighted by Crippen LogP contribution is 2.33. The van der Waals surface area contributed by atoms with Crippen LogP contribution in [0.25, 0.3) is 0 Å². The van der Waals surface area contributed by atoms with Crippen LogP contribution in [0.15, 0.2) is 17.2 Å². The lowest BCUT2D eigenvalue weighted by atomic mass is 10.2. The van der Waals surface area contributed by atoms with E-state index >= 15 is 0 Å². The summed E-state index contributed by atoms with van der Waals surface area (Å²) in [4.78, 5) is 7.95. The molecule has 0 aromatic carbocycles. The van der Waals surface area contributed by atoms with Gasteiger partial charge in [0.05, 0.1) is 0 Å². The average molecular weight is 238 g/mol. The monoisotopic (exact) mass is 238 g/mol. The Labute approximate surface area is 103 Å². The molecule has 0 amide bonds. The molecule has 0 N–H and O–H groups in total. The van der Waals surface area contributed by atoms with E-state index in [-0.39, 0.29) is 4.75 Å². The smallest absolute Gasteiger partial charge is 0.131 e. The van der Waals surface area contributed by atoms with E-state index in [4.69, 9.17) is 0 Å². The molecule has 1 heterocycles. The largest absolute Gasteiger partial charge is 0.360 e. The number of hydrogen-bond acceptors (Lipinski definition) is 3. The summed E-state index contributed by atoms with van der Waals surface area (Å²) in [7, 11) is 2.08. The van der Waals surface area contributed by atoms with Crippen molar-refractivity contribution >= 4 is 17.6 Å². The van der Waals surface area contributed by atoms with Gasteiger partial charge in [-0.2, -0.15) is 0 Å². The molecule has 0 bridgehead atoms. The SMILES string of the molecule is CCN(C)c1ncc(SC(C)(C)C)cc1C. The van der Waals surface area contributed by atoms with Gasteiger partial charge in [0.15, 0.2) is 0 Å². The van der Waals surface area contributed by atoms with Crippen molar-refractivity contribution in [1.82, 2.24) is 4.98 Å². The Hall–Kier alpha value is -0.700. The number of rotatable bonds is 3. The molecule has 0 atom stereocenters. The number of thioether (sulfide) groups is 1. The average Bonchev–Trinajstić information content (AvgIpc) is 2.14. The summed E-state index contributed by atoms with van der Waals surface area (Å²) in [6.07, 6.45) is 1.98. The highest BCUT2D eigenvalue weighted by atomic mass is 32.2. The fraction of sp³-hybridized carbons (Fsp3) is 0.615. The molecular formula is C13H22N2S. The van der Waals surface area contributed by atoms with Crippen LogP contribution in [0.3, 0.4) is 0 Å². The van der Waals surface area contributed by atoms with Crippen LogP contribution in [-0.4, -0.2) is 23.3 Å². The quantitative estimate of drug-likeness (QED) is 0.746. The number of nitrogens with zero attached hydrogens (tertiary/aromatic N) is 2. The van der Waals surface area contributed by atoms with E-state index in [1.165, 1.54) is 10.5 Å². The van der Waals surface area contributed by atoms with Crippen molar-refractivity contribution in [2.75, 3.05) is 18.5 Å². The summed E-state index contributed by atoms with van der Waals surface area (Å²) in [5.41, 5.74) is 1.25. The van der Waals surface area contributed by atoms with Gasteiger partial charge in [0.2, 0.25) is 0 Å². The number of anilines is 1. The molecule has 0 aliphatic carbocycles. The molecule has 0 saturated heterocycles. The summed E-state index contributed by atoms with van der Waals surface area (Å²) in [5, 5.41) is 0. The van der Waals surface area contributed by atoms with Crippen LogP contribution in [0.5, 0.6) is 0 Å². The van der Waals surface area contributed by atoms with Crippen molar-refractivity contribution in [2.45, 2.75) is 44.3 Å². The van der Waals surface area contributed by atoms with Crippen molar-refractivity contribution in [3.63, 3.8) is 0 Å². The van der Waals surface area contributed by atoms with Crippen LogP contribution in [0, 0.1) is 6.92 Å². The minimum absolute atomic E-state index is 0.242. The second-order valence-corrected chi connectivity index (χ2v) is 6.94. The van der Waals surface area contributed by atoms with Gasteiger partial charge in [0.25, 0.3) is 0 Å². The van der Waals surface area contributed by atoms with Crippen molar-refractivity contribution in [1.29, 1.82) is 0 Å². The maximum absolute atomic E-state index is 4.54. The molecule has 0 aliphatic heterocycles. The van der Waals surface area contributed by atoms with Crippen molar-refractivity contribution in [3.05, 3.63) is 17.8 Å². The summed E-state index contributed by atoms with van der Waals surface area (Å²) >= 11 is 1.86. The van der Waals surface area contributed by atoms with Gasteiger partial charge < -0.3 is 4.90 Å². The summed E-state index contributed by atoms with van der Waals surface area (Å²) in [6.45, 7) is 11.9. The van der Waals surface area contributed by atoms with E-state index in [0.29, 0.717) is 0 Å². The van der Waals surface area contributed by atoms with E-state index in [9.17, 15) is 0 Å².